The van der Waals surface area contributed by atoms with Crippen molar-refractivity contribution < 1.29 is 4.74 Å². The lowest BCUT2D eigenvalue weighted by molar-refractivity contribution is 0.280. The average Bonchev–Trinajstić information content (AvgIpc) is 2.73. The maximum atomic E-state index is 5.88. The molecule has 0 amide bonds. The van der Waals surface area contributed by atoms with Gasteiger partial charge in [0.1, 0.15) is 0 Å². The van der Waals surface area contributed by atoms with Crippen LogP contribution in [0.1, 0.15) is 53.4 Å². The van der Waals surface area contributed by atoms with Crippen molar-refractivity contribution in [2.75, 3.05) is 0 Å². The summed E-state index contributed by atoms with van der Waals surface area (Å²) in [6.45, 7) is 9.10. The average molecular weight is 220 g/mol. The van der Waals surface area contributed by atoms with Crippen LogP contribution in [0.15, 0.2) is 23.8 Å². The van der Waals surface area contributed by atoms with Crippen molar-refractivity contribution in [3.05, 3.63) is 23.8 Å². The monoisotopic (exact) mass is 220 g/mol. The zero-order chi connectivity index (χ0) is 11.8. The van der Waals surface area contributed by atoms with Gasteiger partial charge in [-0.2, -0.15) is 0 Å². The lowest BCUT2D eigenvalue weighted by Gasteiger charge is -2.19. The highest BCUT2D eigenvalue weighted by atomic mass is 16.6. The Balaban J connectivity index is 2.11. The number of hydrogen-bond donors (Lipinski definition) is 0. The molecule has 0 aromatic heterocycles. The van der Waals surface area contributed by atoms with Crippen molar-refractivity contribution in [1.82, 2.24) is 0 Å². The molecule has 2 aliphatic rings. The molecule has 0 bridgehead atoms. The number of rotatable bonds is 0. The Labute approximate surface area is 99.6 Å². The summed E-state index contributed by atoms with van der Waals surface area (Å²) in [6.07, 6.45) is 12.1. The molecule has 2 atom stereocenters. The van der Waals surface area contributed by atoms with Crippen molar-refractivity contribution in [2.45, 2.75) is 65.1 Å². The van der Waals surface area contributed by atoms with Crippen LogP contribution < -0.4 is 0 Å². The van der Waals surface area contributed by atoms with Gasteiger partial charge < -0.3 is 4.74 Å². The molecule has 0 radical (unpaired) electrons. The van der Waals surface area contributed by atoms with Gasteiger partial charge in [-0.15, -0.1) is 0 Å². The molecule has 1 nitrogen and oxygen atoms in total. The summed E-state index contributed by atoms with van der Waals surface area (Å²) in [5.74, 6) is 0. The highest BCUT2D eigenvalue weighted by Gasteiger charge is 2.52. The van der Waals surface area contributed by atoms with E-state index in [1.807, 2.05) is 0 Å². The zero-order valence-corrected chi connectivity index (χ0v) is 11.0. The summed E-state index contributed by atoms with van der Waals surface area (Å²) in [5.41, 5.74) is 1.91. The summed E-state index contributed by atoms with van der Waals surface area (Å²) >= 11 is 0. The highest BCUT2D eigenvalue weighted by molar-refractivity contribution is 5.12. The third-order valence-corrected chi connectivity index (χ3v) is 3.89. The minimum absolute atomic E-state index is 0.159. The molecular formula is C15H24O. The Hall–Kier alpha value is -0.560. The van der Waals surface area contributed by atoms with E-state index < -0.39 is 0 Å². The Kier molecular flexibility index (Phi) is 3.00. The largest absolute Gasteiger partial charge is 0.366 e. The minimum Gasteiger partial charge on any atom is -0.366 e. The SMILES string of the molecule is C/C1=C\CCC2(C)O[C@H]2CC(C)(C)/C=C/C1. The first-order valence-corrected chi connectivity index (χ1v) is 6.42. The first-order valence-electron chi connectivity index (χ1n) is 6.42. The van der Waals surface area contributed by atoms with E-state index >= 15 is 0 Å². The lowest BCUT2D eigenvalue weighted by atomic mass is 9.84. The van der Waals surface area contributed by atoms with Crippen LogP contribution in [0.5, 0.6) is 0 Å². The van der Waals surface area contributed by atoms with E-state index in [0.717, 1.165) is 19.3 Å². The van der Waals surface area contributed by atoms with Gasteiger partial charge in [0.15, 0.2) is 0 Å². The number of allylic oxidation sites excluding steroid dienone is 4. The second-order valence-corrected chi connectivity index (χ2v) is 6.31. The molecule has 0 aromatic rings. The first-order chi connectivity index (χ1) is 7.41. The maximum absolute atomic E-state index is 5.88. The molecule has 1 aliphatic heterocycles. The molecule has 0 spiro atoms. The smallest absolute Gasteiger partial charge is 0.0923 e. The van der Waals surface area contributed by atoms with E-state index in [2.05, 4.69) is 45.9 Å². The molecule has 0 saturated carbocycles. The van der Waals surface area contributed by atoms with Crippen LogP contribution in [0.4, 0.5) is 0 Å². The molecule has 0 N–H and O–H groups in total. The second kappa shape index (κ2) is 4.03. The van der Waals surface area contributed by atoms with Gasteiger partial charge in [-0.3, -0.25) is 0 Å². The molecule has 1 heteroatoms. The lowest BCUT2D eigenvalue weighted by Crippen LogP contribution is -2.16. The molecule has 1 aliphatic carbocycles. The van der Waals surface area contributed by atoms with Gasteiger partial charge in [-0.25, -0.2) is 0 Å². The number of hydrogen-bond acceptors (Lipinski definition) is 1. The predicted octanol–water partition coefficient (Wildman–Crippen LogP) is 4.25. The molecular weight excluding hydrogens is 196 g/mol. The van der Waals surface area contributed by atoms with Gasteiger partial charge in [-0.1, -0.05) is 37.6 Å². The highest BCUT2D eigenvalue weighted by Crippen LogP contribution is 2.46. The summed E-state index contributed by atoms with van der Waals surface area (Å²) in [4.78, 5) is 0. The Morgan fingerprint density at radius 3 is 2.81 bits per heavy atom. The topological polar surface area (TPSA) is 12.5 Å². The van der Waals surface area contributed by atoms with Crippen LogP contribution in [-0.4, -0.2) is 11.7 Å². The maximum Gasteiger partial charge on any atom is 0.0923 e. The van der Waals surface area contributed by atoms with Crippen molar-refractivity contribution in [3.8, 4) is 0 Å². The summed E-state index contributed by atoms with van der Waals surface area (Å²) < 4.78 is 5.88. The fourth-order valence-corrected chi connectivity index (χ4v) is 2.57. The molecule has 1 fully saturated rings. The van der Waals surface area contributed by atoms with E-state index in [1.54, 1.807) is 0 Å². The number of fused-ring (bicyclic) bond motifs is 1. The van der Waals surface area contributed by atoms with Crippen LogP contribution in [0.25, 0.3) is 0 Å². The van der Waals surface area contributed by atoms with Crippen LogP contribution >= 0.6 is 0 Å². The van der Waals surface area contributed by atoms with E-state index in [1.165, 1.54) is 12.0 Å². The third kappa shape index (κ3) is 2.76. The summed E-state index contributed by atoms with van der Waals surface area (Å²) in [6, 6.07) is 0. The first kappa shape index (κ1) is 11.9. The van der Waals surface area contributed by atoms with Gasteiger partial charge in [0.2, 0.25) is 0 Å². The van der Waals surface area contributed by atoms with Crippen LogP contribution in [0.3, 0.4) is 0 Å². The normalized spacial score (nSPS) is 43.5. The van der Waals surface area contributed by atoms with Crippen molar-refractivity contribution in [1.29, 1.82) is 0 Å². The molecule has 1 unspecified atom stereocenters. The number of ether oxygens (including phenoxy) is 1. The van der Waals surface area contributed by atoms with Gasteiger partial charge in [0.25, 0.3) is 0 Å². The summed E-state index contributed by atoms with van der Waals surface area (Å²) in [5, 5.41) is 0. The van der Waals surface area contributed by atoms with Gasteiger partial charge in [-0.05, 0) is 44.9 Å². The Morgan fingerprint density at radius 1 is 1.31 bits per heavy atom. The molecule has 1 saturated heterocycles. The molecule has 0 aromatic carbocycles. The van der Waals surface area contributed by atoms with Gasteiger partial charge in [0.05, 0.1) is 11.7 Å². The van der Waals surface area contributed by atoms with Gasteiger partial charge >= 0.3 is 0 Å². The molecule has 1 heterocycles. The molecule has 2 rings (SSSR count). The molecule has 90 valence electrons. The minimum atomic E-state index is 0.159. The molecule has 16 heavy (non-hydrogen) atoms. The van der Waals surface area contributed by atoms with Crippen LogP contribution in [0, 0.1) is 5.41 Å². The van der Waals surface area contributed by atoms with Crippen LogP contribution in [-0.2, 0) is 4.74 Å². The van der Waals surface area contributed by atoms with Crippen LogP contribution in [0.2, 0.25) is 0 Å². The van der Waals surface area contributed by atoms with E-state index in [9.17, 15) is 0 Å². The number of epoxide rings is 1. The standard InChI is InChI=1S/C15H24O/c1-12-7-5-9-14(2,3)11-13-15(4,16-13)10-6-8-12/h5,8-9,13H,6-7,10-11H2,1-4H3/b9-5+,12-8+/t13-,15?/m0/s1. The fourth-order valence-electron chi connectivity index (χ4n) is 2.57. The zero-order valence-electron chi connectivity index (χ0n) is 11.0. The Bertz CT molecular complexity index is 324. The second-order valence-electron chi connectivity index (χ2n) is 6.31. The van der Waals surface area contributed by atoms with Gasteiger partial charge in [0, 0.05) is 0 Å². The van der Waals surface area contributed by atoms with E-state index in [-0.39, 0.29) is 11.0 Å². The Morgan fingerprint density at radius 2 is 2.06 bits per heavy atom. The quantitative estimate of drug-likeness (QED) is 0.439. The van der Waals surface area contributed by atoms with Crippen molar-refractivity contribution >= 4 is 0 Å². The van der Waals surface area contributed by atoms with Crippen molar-refractivity contribution in [3.63, 3.8) is 0 Å². The van der Waals surface area contributed by atoms with Crippen molar-refractivity contribution in [2.24, 2.45) is 5.41 Å². The fraction of sp³-hybridized carbons (Fsp3) is 0.733. The van der Waals surface area contributed by atoms with E-state index in [4.69, 9.17) is 4.74 Å². The predicted molar refractivity (Wildman–Crippen MR) is 68.4 cm³/mol. The third-order valence-electron chi connectivity index (χ3n) is 3.89. The summed E-state index contributed by atoms with van der Waals surface area (Å²) in [7, 11) is 0. The van der Waals surface area contributed by atoms with E-state index in [0.29, 0.717) is 6.10 Å².